The van der Waals surface area contributed by atoms with Gasteiger partial charge in [-0.2, -0.15) is 0 Å². The number of hydrogen-bond acceptors (Lipinski definition) is 2. The van der Waals surface area contributed by atoms with Crippen molar-refractivity contribution < 1.29 is 0 Å². The molecular formula is C64H54N2. The third-order valence-corrected chi connectivity index (χ3v) is 12.1. The van der Waals surface area contributed by atoms with Gasteiger partial charge in [0.1, 0.15) is 0 Å². The fourth-order valence-electron chi connectivity index (χ4n) is 8.56. The van der Waals surface area contributed by atoms with E-state index in [1.54, 1.807) is 0 Å². The van der Waals surface area contributed by atoms with Crippen LogP contribution in [0.1, 0.15) is 53.0 Å². The van der Waals surface area contributed by atoms with Crippen LogP contribution in [0.15, 0.2) is 267 Å². The molecule has 0 heterocycles. The summed E-state index contributed by atoms with van der Waals surface area (Å²) in [6.45, 7) is 0. The van der Waals surface area contributed by atoms with Crippen LogP contribution in [0.25, 0.3) is 56.3 Å². The summed E-state index contributed by atoms with van der Waals surface area (Å²) < 4.78 is 0. The summed E-state index contributed by atoms with van der Waals surface area (Å²) >= 11 is 0. The Hall–Kier alpha value is -8.20. The molecule has 0 fully saturated rings. The van der Waals surface area contributed by atoms with E-state index in [4.69, 9.17) is 0 Å². The van der Waals surface area contributed by atoms with Gasteiger partial charge in [-0.1, -0.05) is 225 Å². The van der Waals surface area contributed by atoms with Gasteiger partial charge in [-0.25, -0.2) is 0 Å². The topological polar surface area (TPSA) is 24.1 Å². The maximum atomic E-state index is 3.47. The van der Waals surface area contributed by atoms with Gasteiger partial charge in [0, 0.05) is 29.7 Å². The van der Waals surface area contributed by atoms with Crippen LogP contribution in [0.5, 0.6) is 0 Å². The molecule has 0 aromatic heterocycles. The molecule has 0 radical (unpaired) electrons. The average Bonchev–Trinajstić information content (AvgIpc) is 3.39. The highest BCUT2D eigenvalue weighted by Crippen LogP contribution is 2.36. The number of rotatable bonds is 15. The first kappa shape index (κ1) is 43.1. The summed E-state index contributed by atoms with van der Waals surface area (Å²) in [5, 5.41) is 9.46. The highest BCUT2D eigenvalue weighted by atomic mass is 14.8. The van der Waals surface area contributed by atoms with Crippen LogP contribution >= 0.6 is 0 Å². The van der Waals surface area contributed by atoms with Crippen molar-refractivity contribution in [3.8, 4) is 22.3 Å². The Morgan fingerprint density at radius 3 is 2.09 bits per heavy atom. The van der Waals surface area contributed by atoms with Gasteiger partial charge in [0.05, 0.1) is 0 Å². The molecule has 2 aliphatic carbocycles. The summed E-state index contributed by atoms with van der Waals surface area (Å²) in [6.07, 6.45) is 39.8. The van der Waals surface area contributed by atoms with Gasteiger partial charge >= 0.3 is 0 Å². The van der Waals surface area contributed by atoms with Crippen molar-refractivity contribution in [1.29, 1.82) is 0 Å². The zero-order valence-corrected chi connectivity index (χ0v) is 37.2. The molecule has 7 aromatic rings. The van der Waals surface area contributed by atoms with Gasteiger partial charge in [-0.05, 0) is 128 Å². The van der Waals surface area contributed by atoms with Gasteiger partial charge in [-0.3, -0.25) is 0 Å². The fourth-order valence-corrected chi connectivity index (χ4v) is 8.56. The Kier molecular flexibility index (Phi) is 14.3. The zero-order valence-electron chi connectivity index (χ0n) is 37.2. The molecule has 0 spiro atoms. The van der Waals surface area contributed by atoms with Crippen LogP contribution in [-0.2, 0) is 0 Å². The largest absolute Gasteiger partial charge is 0.362 e. The maximum absolute atomic E-state index is 3.47. The van der Waals surface area contributed by atoms with Crippen molar-refractivity contribution in [1.82, 2.24) is 5.32 Å². The lowest BCUT2D eigenvalue weighted by Gasteiger charge is -2.22. The third kappa shape index (κ3) is 11.3. The molecule has 9 rings (SSSR count). The molecule has 0 saturated heterocycles. The first-order valence-corrected chi connectivity index (χ1v) is 23.0. The summed E-state index contributed by atoms with van der Waals surface area (Å²) in [5.74, 6) is 0.304. The second-order valence-electron chi connectivity index (χ2n) is 16.5. The molecule has 0 aliphatic heterocycles. The van der Waals surface area contributed by atoms with E-state index in [1.165, 1.54) is 66.4 Å². The first-order chi connectivity index (χ1) is 32.7. The molecular weight excluding hydrogens is 797 g/mol. The monoisotopic (exact) mass is 850 g/mol. The predicted octanol–water partition coefficient (Wildman–Crippen LogP) is 16.9. The van der Waals surface area contributed by atoms with E-state index >= 15 is 0 Å². The van der Waals surface area contributed by atoms with Crippen molar-refractivity contribution in [3.05, 3.63) is 295 Å². The van der Waals surface area contributed by atoms with Gasteiger partial charge in [-0.15, -0.1) is 0 Å². The van der Waals surface area contributed by atoms with E-state index in [9.17, 15) is 0 Å². The molecule has 1 unspecified atom stereocenters. The lowest BCUT2D eigenvalue weighted by Crippen LogP contribution is -2.09. The van der Waals surface area contributed by atoms with E-state index in [0.717, 1.165) is 36.2 Å². The van der Waals surface area contributed by atoms with Crippen molar-refractivity contribution in [2.45, 2.75) is 25.2 Å². The molecule has 2 aliphatic rings. The quantitative estimate of drug-likeness (QED) is 0.100. The van der Waals surface area contributed by atoms with Crippen LogP contribution in [0.2, 0.25) is 0 Å². The average molecular weight is 851 g/mol. The van der Waals surface area contributed by atoms with E-state index in [2.05, 4.69) is 253 Å². The second kappa shape index (κ2) is 21.9. The van der Waals surface area contributed by atoms with Crippen molar-refractivity contribution in [2.24, 2.45) is 0 Å². The first-order valence-electron chi connectivity index (χ1n) is 23.0. The Morgan fingerprint density at radius 2 is 1.29 bits per heavy atom. The summed E-state index contributed by atoms with van der Waals surface area (Å²) in [6, 6.07) is 60.4. The predicted molar refractivity (Wildman–Crippen MR) is 285 cm³/mol. The van der Waals surface area contributed by atoms with Crippen LogP contribution in [-0.4, -0.2) is 0 Å². The number of hydrogen-bond donors (Lipinski definition) is 2. The lowest BCUT2D eigenvalue weighted by molar-refractivity contribution is 0.827. The highest BCUT2D eigenvalue weighted by molar-refractivity contribution is 5.96. The Labute approximate surface area is 390 Å². The fraction of sp³-hybridized carbons (Fsp3) is 0.0625. The molecule has 0 amide bonds. The number of anilines is 1. The zero-order chi connectivity index (χ0) is 44.6. The molecule has 2 heteroatoms. The third-order valence-electron chi connectivity index (χ3n) is 12.1. The van der Waals surface area contributed by atoms with Crippen LogP contribution in [0.4, 0.5) is 5.69 Å². The summed E-state index contributed by atoms with van der Waals surface area (Å²) in [7, 11) is 0. The normalized spacial score (nSPS) is 15.4. The second-order valence-corrected chi connectivity index (χ2v) is 16.5. The summed E-state index contributed by atoms with van der Waals surface area (Å²) in [5.41, 5.74) is 15.9. The molecule has 66 heavy (non-hydrogen) atoms. The van der Waals surface area contributed by atoms with Crippen LogP contribution < -0.4 is 10.6 Å². The van der Waals surface area contributed by atoms with Gasteiger partial charge in [0.2, 0.25) is 0 Å². The molecule has 0 saturated carbocycles. The van der Waals surface area contributed by atoms with Crippen molar-refractivity contribution >= 4 is 39.8 Å². The molecule has 2 nitrogen and oxygen atoms in total. The molecule has 320 valence electrons. The minimum atomic E-state index is 0.304. The maximum Gasteiger partial charge on any atom is 0.0380 e. The Bertz CT molecular complexity index is 3050. The standard InChI is InChI=1S/C64H54N2/c1(6-18-49-30-34-54(35-31-49)52-21-9-4-10-22-52)2-15-46-65-59-43-39-58(40-44-59)63-45-33-50(48-64(63)56-23-11-5-12-24-56)32-36-53(51-19-7-3-8-20-51)27-17-47-66-60-41-37-57(38-42-60)62-29-16-26-55-25-13-14-28-61(55)62/h1-11,13-23,25-39,41-48,58,65-66H,12,24,40H2/b2-1-,18-6-,36-32-,46-15+,47-17+,53-27+. The smallest absolute Gasteiger partial charge is 0.0380 e. The molecule has 2 N–H and O–H groups in total. The van der Waals surface area contributed by atoms with Crippen molar-refractivity contribution in [3.63, 3.8) is 0 Å². The Morgan fingerprint density at radius 1 is 0.561 bits per heavy atom. The number of allylic oxidation sites excluding steroid dienone is 15. The molecule has 7 aromatic carbocycles. The highest BCUT2D eigenvalue weighted by Gasteiger charge is 2.18. The van der Waals surface area contributed by atoms with Gasteiger partial charge < -0.3 is 10.6 Å². The summed E-state index contributed by atoms with van der Waals surface area (Å²) in [4.78, 5) is 0. The van der Waals surface area contributed by atoms with Crippen LogP contribution in [0, 0.1) is 0 Å². The van der Waals surface area contributed by atoms with Gasteiger partial charge in [0.15, 0.2) is 0 Å². The Balaban J connectivity index is 0.834. The van der Waals surface area contributed by atoms with E-state index in [1.807, 2.05) is 30.6 Å². The lowest BCUT2D eigenvalue weighted by atomic mass is 9.83. The van der Waals surface area contributed by atoms with E-state index in [-0.39, 0.29) is 0 Å². The number of benzene rings is 7. The minimum absolute atomic E-state index is 0.304. The van der Waals surface area contributed by atoms with Crippen molar-refractivity contribution in [2.75, 3.05) is 5.32 Å². The van der Waals surface area contributed by atoms with E-state index in [0.29, 0.717) is 5.92 Å². The SMILES string of the molecule is C1=CCCC(c2cc(\C=C/C(=C\C=C\Nc3ccc(-c4cccc5ccccc45)cc3)c3ccccc3)ccc2C2C=CC(N/C=C/C=C\C=C/c3ccc(-c4ccccc4)cc3)=CC2)=C1. The minimum Gasteiger partial charge on any atom is -0.362 e. The molecule has 1 atom stereocenters. The number of fused-ring (bicyclic) bond motifs is 1. The van der Waals surface area contributed by atoms with E-state index < -0.39 is 0 Å². The molecule has 0 bridgehead atoms. The van der Waals surface area contributed by atoms with Crippen LogP contribution in [0.3, 0.4) is 0 Å². The van der Waals surface area contributed by atoms with Gasteiger partial charge in [0.25, 0.3) is 0 Å². The number of nitrogens with one attached hydrogen (secondary N) is 2.